The number of methoxy groups -OCH3 is 1. The van der Waals surface area contributed by atoms with Crippen LogP contribution in [-0.4, -0.2) is 28.4 Å². The Hall–Kier alpha value is -0.990. The van der Waals surface area contributed by atoms with Gasteiger partial charge in [-0.25, -0.2) is 9.67 Å². The summed E-state index contributed by atoms with van der Waals surface area (Å²) in [5, 5.41) is 7.41. The second-order valence-corrected chi connectivity index (χ2v) is 5.27. The van der Waals surface area contributed by atoms with Crippen LogP contribution in [0.2, 0.25) is 0 Å². The highest BCUT2D eigenvalue weighted by molar-refractivity contribution is 14.0. The van der Waals surface area contributed by atoms with Crippen LogP contribution >= 0.6 is 24.0 Å². The summed E-state index contributed by atoms with van der Waals surface area (Å²) in [7, 11) is 3.47. The molecule has 0 bridgehead atoms. The first kappa shape index (κ1) is 18.0. The zero-order valence-electron chi connectivity index (χ0n) is 12.4. The molecule has 0 saturated carbocycles. The zero-order chi connectivity index (χ0) is 13.9. The predicted molar refractivity (Wildman–Crippen MR) is 88.1 cm³/mol. The van der Waals surface area contributed by atoms with Crippen molar-refractivity contribution in [2.45, 2.75) is 39.8 Å². The number of nitrogens with zero attached hydrogens (tertiary/aromatic N) is 3. The molecule has 0 radical (unpaired) electrons. The molecule has 0 saturated heterocycles. The Balaban J connectivity index is 0.00000324. The van der Waals surface area contributed by atoms with E-state index in [2.05, 4.69) is 15.4 Å². The van der Waals surface area contributed by atoms with Crippen LogP contribution in [-0.2, 0) is 13.6 Å². The van der Waals surface area contributed by atoms with E-state index in [0.29, 0.717) is 12.5 Å². The van der Waals surface area contributed by atoms with Gasteiger partial charge in [0, 0.05) is 12.6 Å². The molecule has 0 atom stereocenters. The molecule has 1 aromatic heterocycles. The number of aryl methyl sites for hydroxylation is 2. The van der Waals surface area contributed by atoms with Gasteiger partial charge in [0.2, 0.25) is 5.88 Å². The van der Waals surface area contributed by atoms with Gasteiger partial charge in [-0.15, -0.1) is 24.0 Å². The lowest BCUT2D eigenvalue weighted by Crippen LogP contribution is -2.44. The van der Waals surface area contributed by atoms with Gasteiger partial charge in [-0.3, -0.25) is 0 Å². The number of nitrogens with one attached hydrogen (secondary N) is 1. The number of aliphatic imine (C=N–C) groups is 1. The lowest BCUT2D eigenvalue weighted by atomic mass is 10.1. The van der Waals surface area contributed by atoms with Crippen LogP contribution in [0.25, 0.3) is 0 Å². The van der Waals surface area contributed by atoms with Crippen LogP contribution in [0.1, 0.15) is 32.0 Å². The lowest BCUT2D eigenvalue weighted by molar-refractivity contribution is 0.369. The molecule has 1 rings (SSSR count). The molecule has 6 nitrogen and oxygen atoms in total. The Morgan fingerprint density at radius 3 is 2.53 bits per heavy atom. The maximum absolute atomic E-state index is 5.83. The first-order chi connectivity index (χ1) is 8.24. The van der Waals surface area contributed by atoms with E-state index in [1.807, 2.05) is 34.7 Å². The van der Waals surface area contributed by atoms with Crippen LogP contribution in [0.5, 0.6) is 5.88 Å². The third-order valence-corrected chi connectivity index (χ3v) is 2.39. The summed E-state index contributed by atoms with van der Waals surface area (Å²) in [6, 6.07) is 0. The summed E-state index contributed by atoms with van der Waals surface area (Å²) >= 11 is 0. The topological polar surface area (TPSA) is 77.5 Å². The molecule has 1 heterocycles. The van der Waals surface area contributed by atoms with Gasteiger partial charge < -0.3 is 15.8 Å². The number of rotatable bonds is 3. The van der Waals surface area contributed by atoms with Gasteiger partial charge in [0.05, 0.1) is 24.9 Å². The van der Waals surface area contributed by atoms with Crippen molar-refractivity contribution in [3.8, 4) is 5.88 Å². The van der Waals surface area contributed by atoms with Crippen molar-refractivity contribution in [3.05, 3.63) is 11.3 Å². The molecule has 7 heteroatoms. The van der Waals surface area contributed by atoms with Gasteiger partial charge >= 0.3 is 0 Å². The monoisotopic (exact) mass is 381 g/mol. The number of nitrogens with two attached hydrogens (primary N) is 1. The Labute approximate surface area is 131 Å². The molecule has 0 aliphatic carbocycles. The number of hydrogen-bond acceptors (Lipinski definition) is 3. The molecule has 110 valence electrons. The van der Waals surface area contributed by atoms with Gasteiger partial charge in [-0.05, 0) is 27.7 Å². The van der Waals surface area contributed by atoms with Gasteiger partial charge in [0.15, 0.2) is 5.96 Å². The lowest BCUT2D eigenvalue weighted by Gasteiger charge is -2.20. The molecule has 0 aromatic carbocycles. The molecule has 0 fully saturated rings. The van der Waals surface area contributed by atoms with Crippen molar-refractivity contribution in [1.82, 2.24) is 15.1 Å². The van der Waals surface area contributed by atoms with E-state index in [4.69, 9.17) is 10.5 Å². The Morgan fingerprint density at radius 2 is 2.05 bits per heavy atom. The van der Waals surface area contributed by atoms with E-state index in [0.717, 1.165) is 17.1 Å². The summed E-state index contributed by atoms with van der Waals surface area (Å²) in [4.78, 5) is 4.31. The van der Waals surface area contributed by atoms with Crippen molar-refractivity contribution < 1.29 is 4.74 Å². The fourth-order valence-corrected chi connectivity index (χ4v) is 1.71. The molecule has 0 amide bonds. The maximum Gasteiger partial charge on any atom is 0.216 e. The van der Waals surface area contributed by atoms with Crippen molar-refractivity contribution in [1.29, 1.82) is 0 Å². The molecule has 0 aliphatic heterocycles. The maximum atomic E-state index is 5.83. The first-order valence-corrected chi connectivity index (χ1v) is 5.89. The standard InChI is InChI=1S/C12H23N5O.HI/c1-8-9(10(18-6)17(5)16-8)7-14-11(13)15-12(2,3)4;/h7H2,1-6H3,(H3,13,14,15);1H. The largest absolute Gasteiger partial charge is 0.481 e. The van der Waals surface area contributed by atoms with E-state index in [-0.39, 0.29) is 29.5 Å². The number of hydrogen-bond donors (Lipinski definition) is 2. The van der Waals surface area contributed by atoms with Crippen molar-refractivity contribution in [3.63, 3.8) is 0 Å². The molecular formula is C12H24IN5O. The van der Waals surface area contributed by atoms with E-state index in [1.165, 1.54) is 0 Å². The third-order valence-electron chi connectivity index (χ3n) is 2.39. The molecule has 1 aromatic rings. The Morgan fingerprint density at radius 1 is 1.47 bits per heavy atom. The minimum Gasteiger partial charge on any atom is -0.481 e. The Kier molecular flexibility index (Phi) is 6.61. The number of halogens is 1. The second kappa shape index (κ2) is 6.97. The summed E-state index contributed by atoms with van der Waals surface area (Å²) in [5.41, 5.74) is 7.59. The van der Waals surface area contributed by atoms with Crippen LogP contribution in [0.15, 0.2) is 4.99 Å². The molecule has 0 spiro atoms. The van der Waals surface area contributed by atoms with Gasteiger partial charge in [-0.2, -0.15) is 5.10 Å². The van der Waals surface area contributed by atoms with E-state index in [1.54, 1.807) is 11.8 Å². The molecule has 0 aliphatic rings. The second-order valence-electron chi connectivity index (χ2n) is 5.27. The first-order valence-electron chi connectivity index (χ1n) is 5.89. The summed E-state index contributed by atoms with van der Waals surface area (Å²) in [5.74, 6) is 1.15. The van der Waals surface area contributed by atoms with E-state index < -0.39 is 0 Å². The van der Waals surface area contributed by atoms with Gasteiger partial charge in [0.25, 0.3) is 0 Å². The smallest absolute Gasteiger partial charge is 0.216 e. The fraction of sp³-hybridized carbons (Fsp3) is 0.667. The third kappa shape index (κ3) is 5.25. The quantitative estimate of drug-likeness (QED) is 0.473. The number of ether oxygens (including phenoxy) is 1. The van der Waals surface area contributed by atoms with Crippen molar-refractivity contribution in [2.24, 2.45) is 17.8 Å². The van der Waals surface area contributed by atoms with Crippen molar-refractivity contribution in [2.75, 3.05) is 7.11 Å². The van der Waals surface area contributed by atoms with E-state index in [9.17, 15) is 0 Å². The van der Waals surface area contributed by atoms with Gasteiger partial charge in [0.1, 0.15) is 0 Å². The molecule has 0 unspecified atom stereocenters. The average Bonchev–Trinajstić information content (AvgIpc) is 2.47. The number of guanidine groups is 1. The minimum absolute atomic E-state index is 0. The molecular weight excluding hydrogens is 357 g/mol. The molecule has 19 heavy (non-hydrogen) atoms. The van der Waals surface area contributed by atoms with Crippen LogP contribution in [0.4, 0.5) is 0 Å². The van der Waals surface area contributed by atoms with Crippen LogP contribution in [0.3, 0.4) is 0 Å². The van der Waals surface area contributed by atoms with Gasteiger partial charge in [-0.1, -0.05) is 0 Å². The minimum atomic E-state index is -0.0956. The number of aromatic nitrogens is 2. The highest BCUT2D eigenvalue weighted by atomic mass is 127. The zero-order valence-corrected chi connectivity index (χ0v) is 14.8. The van der Waals surface area contributed by atoms with Crippen LogP contribution in [0, 0.1) is 6.92 Å². The van der Waals surface area contributed by atoms with E-state index >= 15 is 0 Å². The fourth-order valence-electron chi connectivity index (χ4n) is 1.71. The summed E-state index contributed by atoms with van der Waals surface area (Å²) in [6.45, 7) is 8.49. The summed E-state index contributed by atoms with van der Waals surface area (Å²) in [6.07, 6.45) is 0. The molecule has 3 N–H and O–H groups in total. The van der Waals surface area contributed by atoms with Crippen LogP contribution < -0.4 is 15.8 Å². The van der Waals surface area contributed by atoms with Crippen molar-refractivity contribution >= 4 is 29.9 Å². The summed E-state index contributed by atoms with van der Waals surface area (Å²) < 4.78 is 7.00. The average molecular weight is 381 g/mol. The Bertz CT molecular complexity index is 448. The highest BCUT2D eigenvalue weighted by Crippen LogP contribution is 2.21. The predicted octanol–water partition coefficient (Wildman–Crippen LogP) is 1.56. The highest BCUT2D eigenvalue weighted by Gasteiger charge is 2.14. The SMILES string of the molecule is COc1c(CN=C(N)NC(C)(C)C)c(C)nn1C.I. The normalized spacial score (nSPS) is 12.0.